The van der Waals surface area contributed by atoms with Gasteiger partial charge in [0.15, 0.2) is 0 Å². The Morgan fingerprint density at radius 3 is 2.53 bits per heavy atom. The van der Waals surface area contributed by atoms with Crippen LogP contribution in [0.3, 0.4) is 0 Å². The summed E-state index contributed by atoms with van der Waals surface area (Å²) in [5, 5.41) is 3.90. The molecule has 0 aromatic heterocycles. The molecule has 1 rings (SSSR count). The number of nitrogens with one attached hydrogen (secondary N) is 1. The molecular weight excluding hydrogens is 208 g/mol. The van der Waals surface area contributed by atoms with Crippen LogP contribution in [0.4, 0.5) is 0 Å². The number of nitrogens with zero attached hydrogens (tertiary/aromatic N) is 1. The average molecular weight is 240 g/mol. The van der Waals surface area contributed by atoms with E-state index in [0.29, 0.717) is 0 Å². The van der Waals surface area contributed by atoms with Gasteiger partial charge < -0.3 is 10.2 Å². The quantitative estimate of drug-likeness (QED) is 0.766. The third-order valence-electron chi connectivity index (χ3n) is 4.56. The van der Waals surface area contributed by atoms with Crippen molar-refractivity contribution in [2.24, 2.45) is 5.92 Å². The third-order valence-corrected chi connectivity index (χ3v) is 4.56. The zero-order valence-electron chi connectivity index (χ0n) is 12.5. The molecule has 0 aliphatic carbocycles. The van der Waals surface area contributed by atoms with Crippen LogP contribution in [0.1, 0.15) is 59.8 Å². The first kappa shape index (κ1) is 15.0. The highest BCUT2D eigenvalue weighted by molar-refractivity contribution is 4.83. The van der Waals surface area contributed by atoms with Gasteiger partial charge in [-0.3, -0.25) is 0 Å². The number of hydrogen-bond donors (Lipinski definition) is 1. The van der Waals surface area contributed by atoms with Gasteiger partial charge in [0, 0.05) is 18.1 Å². The Hall–Kier alpha value is -0.0800. The van der Waals surface area contributed by atoms with Gasteiger partial charge >= 0.3 is 0 Å². The molecule has 0 bridgehead atoms. The van der Waals surface area contributed by atoms with E-state index in [1.165, 1.54) is 38.6 Å². The smallest absolute Gasteiger partial charge is 0.00966 e. The molecule has 0 amide bonds. The Morgan fingerprint density at radius 2 is 2.00 bits per heavy atom. The maximum absolute atomic E-state index is 3.90. The van der Waals surface area contributed by atoms with Gasteiger partial charge in [0.25, 0.3) is 0 Å². The zero-order valence-corrected chi connectivity index (χ0v) is 12.5. The molecule has 1 fully saturated rings. The average Bonchev–Trinajstić information content (AvgIpc) is 2.32. The van der Waals surface area contributed by atoms with Crippen molar-refractivity contribution >= 4 is 0 Å². The highest BCUT2D eigenvalue weighted by Gasteiger charge is 2.24. The van der Waals surface area contributed by atoms with E-state index in [4.69, 9.17) is 0 Å². The van der Waals surface area contributed by atoms with Crippen LogP contribution in [-0.4, -0.2) is 36.6 Å². The fourth-order valence-corrected chi connectivity index (χ4v) is 2.78. The third kappa shape index (κ3) is 4.97. The molecule has 0 aromatic carbocycles. The molecule has 1 saturated heterocycles. The molecule has 0 radical (unpaired) electrons. The summed E-state index contributed by atoms with van der Waals surface area (Å²) < 4.78 is 0. The van der Waals surface area contributed by atoms with Gasteiger partial charge in [-0.25, -0.2) is 0 Å². The van der Waals surface area contributed by atoms with Crippen LogP contribution in [0.25, 0.3) is 0 Å². The molecule has 0 saturated carbocycles. The molecule has 4 atom stereocenters. The van der Waals surface area contributed by atoms with Gasteiger partial charge in [-0.15, -0.1) is 0 Å². The van der Waals surface area contributed by atoms with Crippen LogP contribution in [0.2, 0.25) is 0 Å². The predicted molar refractivity (Wildman–Crippen MR) is 76.4 cm³/mol. The molecule has 102 valence electrons. The largest absolute Gasteiger partial charge is 0.311 e. The summed E-state index contributed by atoms with van der Waals surface area (Å²) in [5.74, 6) is 0.858. The summed E-state index contributed by atoms with van der Waals surface area (Å²) in [6.45, 7) is 10.6. The molecule has 4 unspecified atom stereocenters. The fourth-order valence-electron chi connectivity index (χ4n) is 2.78. The Balaban J connectivity index is 2.35. The first-order chi connectivity index (χ1) is 8.06. The van der Waals surface area contributed by atoms with Crippen molar-refractivity contribution in [3.63, 3.8) is 0 Å². The highest BCUT2D eigenvalue weighted by atomic mass is 15.1. The van der Waals surface area contributed by atoms with E-state index < -0.39 is 0 Å². The van der Waals surface area contributed by atoms with E-state index in [-0.39, 0.29) is 0 Å². The van der Waals surface area contributed by atoms with E-state index in [1.54, 1.807) is 0 Å². The maximum Gasteiger partial charge on any atom is 0.00966 e. The summed E-state index contributed by atoms with van der Waals surface area (Å²) in [5.41, 5.74) is 0. The zero-order chi connectivity index (χ0) is 12.8. The Bertz CT molecular complexity index is 203. The Morgan fingerprint density at radius 1 is 1.29 bits per heavy atom. The first-order valence-corrected chi connectivity index (χ1v) is 7.53. The second-order valence-corrected chi connectivity index (χ2v) is 6.07. The number of hydrogen-bond acceptors (Lipinski definition) is 2. The van der Waals surface area contributed by atoms with Crippen molar-refractivity contribution in [1.29, 1.82) is 0 Å². The molecule has 1 aliphatic rings. The van der Waals surface area contributed by atoms with Crippen LogP contribution in [0, 0.1) is 5.92 Å². The lowest BCUT2D eigenvalue weighted by Crippen LogP contribution is -2.48. The first-order valence-electron chi connectivity index (χ1n) is 7.53. The number of piperidine rings is 1. The molecule has 1 aliphatic heterocycles. The summed E-state index contributed by atoms with van der Waals surface area (Å²) in [6.07, 6.45) is 6.55. The Kier molecular flexibility index (Phi) is 6.50. The summed E-state index contributed by atoms with van der Waals surface area (Å²) in [6, 6.07) is 2.21. The van der Waals surface area contributed by atoms with E-state index in [1.807, 2.05) is 0 Å². The topological polar surface area (TPSA) is 15.3 Å². The van der Waals surface area contributed by atoms with E-state index in [2.05, 4.69) is 45.0 Å². The lowest BCUT2D eigenvalue weighted by atomic mass is 9.94. The molecule has 2 heteroatoms. The summed E-state index contributed by atoms with van der Waals surface area (Å²) in [4.78, 5) is 2.48. The van der Waals surface area contributed by atoms with E-state index >= 15 is 0 Å². The number of rotatable bonds is 6. The van der Waals surface area contributed by atoms with Crippen molar-refractivity contribution in [1.82, 2.24) is 10.2 Å². The van der Waals surface area contributed by atoms with Crippen LogP contribution in [0.5, 0.6) is 0 Å². The lowest BCUT2D eigenvalue weighted by molar-refractivity contribution is 0.158. The standard InChI is InChI=1S/C15H32N2/c1-6-12(3)10-14(7-2)16-15-8-9-17(5)13(4)11-15/h12-16H,6-11H2,1-5H3. The normalized spacial score (nSPS) is 30.2. The molecule has 17 heavy (non-hydrogen) atoms. The number of likely N-dealkylation sites (tertiary alicyclic amines) is 1. The molecule has 0 spiro atoms. The molecule has 1 N–H and O–H groups in total. The maximum atomic E-state index is 3.90. The van der Waals surface area contributed by atoms with Crippen molar-refractivity contribution in [2.75, 3.05) is 13.6 Å². The van der Waals surface area contributed by atoms with Gasteiger partial charge in [0.2, 0.25) is 0 Å². The molecular formula is C15H32N2. The van der Waals surface area contributed by atoms with Gasteiger partial charge in [-0.2, -0.15) is 0 Å². The monoisotopic (exact) mass is 240 g/mol. The van der Waals surface area contributed by atoms with Gasteiger partial charge in [0.05, 0.1) is 0 Å². The van der Waals surface area contributed by atoms with Gasteiger partial charge in [0.1, 0.15) is 0 Å². The van der Waals surface area contributed by atoms with Crippen molar-refractivity contribution in [3.05, 3.63) is 0 Å². The highest BCUT2D eigenvalue weighted by Crippen LogP contribution is 2.18. The van der Waals surface area contributed by atoms with Crippen LogP contribution < -0.4 is 5.32 Å². The SMILES string of the molecule is CCC(C)CC(CC)NC1CCN(C)C(C)C1. The minimum Gasteiger partial charge on any atom is -0.311 e. The second-order valence-electron chi connectivity index (χ2n) is 6.07. The molecule has 1 heterocycles. The van der Waals surface area contributed by atoms with Crippen LogP contribution >= 0.6 is 0 Å². The van der Waals surface area contributed by atoms with Crippen molar-refractivity contribution < 1.29 is 0 Å². The Labute approximate surface area is 108 Å². The summed E-state index contributed by atoms with van der Waals surface area (Å²) in [7, 11) is 2.25. The minimum atomic E-state index is 0.727. The van der Waals surface area contributed by atoms with E-state index in [0.717, 1.165) is 24.0 Å². The van der Waals surface area contributed by atoms with E-state index in [9.17, 15) is 0 Å². The van der Waals surface area contributed by atoms with Crippen molar-refractivity contribution in [2.45, 2.75) is 77.9 Å². The summed E-state index contributed by atoms with van der Waals surface area (Å²) >= 11 is 0. The van der Waals surface area contributed by atoms with Gasteiger partial charge in [-0.05, 0) is 52.1 Å². The molecule has 2 nitrogen and oxygen atoms in total. The predicted octanol–water partition coefficient (Wildman–Crippen LogP) is 3.27. The van der Waals surface area contributed by atoms with Crippen LogP contribution in [0.15, 0.2) is 0 Å². The fraction of sp³-hybridized carbons (Fsp3) is 1.00. The van der Waals surface area contributed by atoms with Crippen LogP contribution in [-0.2, 0) is 0 Å². The van der Waals surface area contributed by atoms with Gasteiger partial charge in [-0.1, -0.05) is 27.2 Å². The lowest BCUT2D eigenvalue weighted by Gasteiger charge is -2.37. The second kappa shape index (κ2) is 7.38. The van der Waals surface area contributed by atoms with Crippen molar-refractivity contribution in [3.8, 4) is 0 Å². The molecule has 0 aromatic rings. The minimum absolute atomic E-state index is 0.727.